The van der Waals surface area contributed by atoms with Crippen molar-refractivity contribution in [2.24, 2.45) is 0 Å². The molecular weight excluding hydrogens is 683 g/mol. The van der Waals surface area contributed by atoms with E-state index in [1.54, 1.807) is 0 Å². The number of furan rings is 1. The smallest absolute Gasteiger partial charge is 0.143 e. The normalized spacial score (nSPS) is 11.2. The second-order valence-corrected chi connectivity index (χ2v) is 13.9. The fraction of sp³-hybridized carbons (Fsp3) is 0. The van der Waals surface area contributed by atoms with Crippen LogP contribution < -0.4 is 4.90 Å². The van der Waals surface area contributed by atoms with Crippen LogP contribution in [0.5, 0.6) is 0 Å². The molecule has 0 radical (unpaired) electrons. The van der Waals surface area contributed by atoms with Crippen molar-refractivity contribution in [1.29, 1.82) is 10.5 Å². The van der Waals surface area contributed by atoms with Crippen molar-refractivity contribution < 1.29 is 4.42 Å². The van der Waals surface area contributed by atoms with E-state index >= 15 is 0 Å². The van der Waals surface area contributed by atoms with Gasteiger partial charge in [-0.1, -0.05) is 133 Å². The second kappa shape index (κ2) is 13.5. The lowest BCUT2D eigenvalue weighted by Crippen LogP contribution is -2.09. The van der Waals surface area contributed by atoms with E-state index in [0.717, 1.165) is 93.9 Å². The lowest BCUT2D eigenvalue weighted by Gasteiger charge is -2.26. The van der Waals surface area contributed by atoms with Crippen molar-refractivity contribution in [3.05, 3.63) is 199 Å². The molecule has 0 aliphatic carbocycles. The van der Waals surface area contributed by atoms with Gasteiger partial charge in [0.1, 0.15) is 11.2 Å². The van der Waals surface area contributed by atoms with Gasteiger partial charge in [-0.15, -0.1) is 0 Å². The molecule has 10 rings (SSSR count). The summed E-state index contributed by atoms with van der Waals surface area (Å²) in [4.78, 5) is 2.27. The van der Waals surface area contributed by atoms with E-state index in [9.17, 15) is 10.5 Å². The number of hydrogen-bond donors (Lipinski definition) is 0. The maximum atomic E-state index is 9.75. The fourth-order valence-electron chi connectivity index (χ4n) is 8.09. The number of fused-ring (bicyclic) bond motifs is 5. The van der Waals surface area contributed by atoms with Crippen LogP contribution in [0, 0.1) is 22.7 Å². The Morgan fingerprint density at radius 3 is 1.23 bits per heavy atom. The lowest BCUT2D eigenvalue weighted by atomic mass is 9.95. The van der Waals surface area contributed by atoms with Crippen LogP contribution in [0.2, 0.25) is 0 Å². The van der Waals surface area contributed by atoms with Crippen LogP contribution in [0.15, 0.2) is 192 Å². The fourth-order valence-corrected chi connectivity index (χ4v) is 8.09. The first-order chi connectivity index (χ1) is 27.7. The summed E-state index contributed by atoms with van der Waals surface area (Å²) in [7, 11) is 0. The van der Waals surface area contributed by atoms with Gasteiger partial charge in [-0.05, 0) is 93.2 Å². The minimum Gasteiger partial charge on any atom is -0.455 e. The van der Waals surface area contributed by atoms with Crippen molar-refractivity contribution >= 4 is 60.5 Å². The van der Waals surface area contributed by atoms with Crippen LogP contribution in [-0.4, -0.2) is 0 Å². The molecule has 0 spiro atoms. The van der Waals surface area contributed by atoms with Crippen molar-refractivity contribution in [3.8, 4) is 45.5 Å². The highest BCUT2D eigenvalue weighted by Gasteiger charge is 2.17. The molecule has 0 unspecified atom stereocenters. The van der Waals surface area contributed by atoms with Crippen molar-refractivity contribution in [1.82, 2.24) is 0 Å². The minimum atomic E-state index is 0.671. The Balaban J connectivity index is 1.07. The van der Waals surface area contributed by atoms with Gasteiger partial charge in [-0.3, -0.25) is 0 Å². The van der Waals surface area contributed by atoms with Gasteiger partial charge in [0.05, 0.1) is 23.3 Å². The number of rotatable bonds is 6. The summed E-state index contributed by atoms with van der Waals surface area (Å²) in [5.74, 6) is 0. The Morgan fingerprint density at radius 1 is 0.339 bits per heavy atom. The molecular formula is C52H31N3O. The van der Waals surface area contributed by atoms with Gasteiger partial charge in [0.2, 0.25) is 0 Å². The predicted molar refractivity (Wildman–Crippen MR) is 229 cm³/mol. The third kappa shape index (κ3) is 5.45. The average Bonchev–Trinajstić information content (AvgIpc) is 3.66. The molecule has 4 heteroatoms. The number of anilines is 3. The van der Waals surface area contributed by atoms with E-state index in [2.05, 4.69) is 126 Å². The van der Waals surface area contributed by atoms with Crippen molar-refractivity contribution in [2.45, 2.75) is 0 Å². The van der Waals surface area contributed by atoms with Gasteiger partial charge < -0.3 is 9.32 Å². The lowest BCUT2D eigenvalue weighted by molar-refractivity contribution is 0.670. The van der Waals surface area contributed by atoms with Crippen LogP contribution in [0.25, 0.3) is 76.9 Å². The molecule has 0 atom stereocenters. The number of benzene rings is 9. The molecule has 56 heavy (non-hydrogen) atoms. The standard InChI is InChI=1S/C52H31N3O/c53-32-37-22-30-44(47-10-3-1-8-42(37)47)34-16-24-39(25-17-34)55(40-26-18-35(19-27-40)45-31-23-38(33-54)43-9-2-4-11-48(43)45)41-28-20-36(21-29-41)46-13-7-14-50-49-12-5-6-15-51(49)56-52(46)50/h1-31H. The monoisotopic (exact) mass is 713 g/mol. The van der Waals surface area contributed by atoms with Gasteiger partial charge in [0, 0.05) is 44.2 Å². The molecule has 10 aromatic rings. The first-order valence-electron chi connectivity index (χ1n) is 18.5. The van der Waals surface area contributed by atoms with Gasteiger partial charge in [-0.25, -0.2) is 0 Å². The molecule has 1 aromatic heterocycles. The molecule has 0 N–H and O–H groups in total. The highest BCUT2D eigenvalue weighted by Crippen LogP contribution is 2.41. The summed E-state index contributed by atoms with van der Waals surface area (Å²) in [6.07, 6.45) is 0. The summed E-state index contributed by atoms with van der Waals surface area (Å²) >= 11 is 0. The van der Waals surface area contributed by atoms with E-state index < -0.39 is 0 Å². The molecule has 0 fully saturated rings. The average molecular weight is 714 g/mol. The van der Waals surface area contributed by atoms with Gasteiger partial charge >= 0.3 is 0 Å². The number of para-hydroxylation sites is 2. The molecule has 0 saturated carbocycles. The SMILES string of the molecule is N#Cc1ccc(-c2ccc(N(c3ccc(-c4ccc(C#N)c5ccccc45)cc3)c3ccc(-c4cccc5c4oc4ccccc45)cc3)cc2)c2ccccc12. The highest BCUT2D eigenvalue weighted by molar-refractivity contribution is 6.09. The first-order valence-corrected chi connectivity index (χ1v) is 18.5. The predicted octanol–water partition coefficient (Wildman–Crippen LogP) is 14.1. The van der Waals surface area contributed by atoms with Crippen LogP contribution in [0.3, 0.4) is 0 Å². The number of nitrogens with zero attached hydrogens (tertiary/aromatic N) is 3. The molecule has 0 bridgehead atoms. The van der Waals surface area contributed by atoms with Gasteiger partial charge in [0.15, 0.2) is 0 Å². The molecule has 0 amide bonds. The maximum absolute atomic E-state index is 9.75. The van der Waals surface area contributed by atoms with E-state index in [1.807, 2.05) is 78.9 Å². The summed E-state index contributed by atoms with van der Waals surface area (Å²) in [6, 6.07) is 69.2. The third-order valence-corrected chi connectivity index (χ3v) is 10.8. The topological polar surface area (TPSA) is 64.0 Å². The van der Waals surface area contributed by atoms with Crippen LogP contribution in [0.1, 0.15) is 11.1 Å². The molecule has 4 nitrogen and oxygen atoms in total. The van der Waals surface area contributed by atoms with Gasteiger partial charge in [0.25, 0.3) is 0 Å². The van der Waals surface area contributed by atoms with Crippen molar-refractivity contribution in [2.75, 3.05) is 4.90 Å². The van der Waals surface area contributed by atoms with E-state index in [-0.39, 0.29) is 0 Å². The second-order valence-electron chi connectivity index (χ2n) is 13.9. The van der Waals surface area contributed by atoms with Crippen LogP contribution in [-0.2, 0) is 0 Å². The van der Waals surface area contributed by atoms with Crippen LogP contribution in [0.4, 0.5) is 17.1 Å². The molecule has 1 heterocycles. The third-order valence-electron chi connectivity index (χ3n) is 10.8. The zero-order chi connectivity index (χ0) is 37.6. The Kier molecular flexibility index (Phi) is 7.88. The minimum absolute atomic E-state index is 0.671. The first kappa shape index (κ1) is 32.7. The molecule has 9 aromatic carbocycles. The largest absolute Gasteiger partial charge is 0.455 e. The van der Waals surface area contributed by atoms with Crippen molar-refractivity contribution in [3.63, 3.8) is 0 Å². The Bertz CT molecular complexity index is 3060. The number of nitriles is 2. The quantitative estimate of drug-likeness (QED) is 0.172. The summed E-state index contributed by atoms with van der Waals surface area (Å²) in [5, 5.41) is 25.7. The van der Waals surface area contributed by atoms with E-state index in [0.29, 0.717) is 11.1 Å². The number of hydrogen-bond acceptors (Lipinski definition) is 4. The van der Waals surface area contributed by atoms with Crippen LogP contribution >= 0.6 is 0 Å². The molecule has 0 aliphatic heterocycles. The maximum Gasteiger partial charge on any atom is 0.143 e. The Morgan fingerprint density at radius 2 is 0.750 bits per heavy atom. The highest BCUT2D eigenvalue weighted by atomic mass is 16.3. The zero-order valence-corrected chi connectivity index (χ0v) is 30.1. The summed E-state index contributed by atoms with van der Waals surface area (Å²) in [5.41, 5.74) is 12.6. The summed E-state index contributed by atoms with van der Waals surface area (Å²) in [6.45, 7) is 0. The molecule has 260 valence electrons. The zero-order valence-electron chi connectivity index (χ0n) is 30.1. The summed E-state index contributed by atoms with van der Waals surface area (Å²) < 4.78 is 6.39. The molecule has 0 aliphatic rings. The molecule has 0 saturated heterocycles. The van der Waals surface area contributed by atoms with E-state index in [4.69, 9.17) is 4.42 Å². The Labute approximate surface area is 324 Å². The van der Waals surface area contributed by atoms with E-state index in [1.165, 1.54) is 0 Å². The van der Waals surface area contributed by atoms with Gasteiger partial charge in [-0.2, -0.15) is 10.5 Å². The Hall–Kier alpha value is -7.92.